The first-order valence-electron chi connectivity index (χ1n) is 3.27. The standard InChI is InChI=1S/2C3H7NO2.ClH/c1-6-3(5)2-4;4-2-1-3(5)6;/h2,4H2,1H3;1-2,4H2,(H,5,6);1H. The first kappa shape index (κ1) is 18.0. The van der Waals surface area contributed by atoms with Crippen molar-refractivity contribution >= 4 is 24.3 Å². The molecule has 0 unspecified atom stereocenters. The Morgan fingerprint density at radius 3 is 1.85 bits per heavy atom. The normalized spacial score (nSPS) is 7.31. The average molecular weight is 215 g/mol. The fraction of sp³-hybridized carbons (Fsp3) is 0.667. The third-order valence-electron chi connectivity index (χ3n) is 0.753. The van der Waals surface area contributed by atoms with Gasteiger partial charge in [0.25, 0.3) is 0 Å². The number of carbonyl (C=O) groups excluding carboxylic acids is 1. The number of carboxylic acids is 1. The number of carbonyl (C=O) groups is 2. The molecule has 0 aliphatic rings. The summed E-state index contributed by atoms with van der Waals surface area (Å²) in [6, 6.07) is 0. The molecule has 0 aliphatic carbocycles. The van der Waals surface area contributed by atoms with Gasteiger partial charge in [0.1, 0.15) is 0 Å². The summed E-state index contributed by atoms with van der Waals surface area (Å²) in [5, 5.41) is 7.83. The Bertz CT molecular complexity index is 137. The van der Waals surface area contributed by atoms with Crippen LogP contribution in [-0.4, -0.2) is 37.2 Å². The quantitative estimate of drug-likeness (QED) is 0.517. The zero-order valence-electron chi connectivity index (χ0n) is 7.36. The Balaban J connectivity index is -0.000000143. The van der Waals surface area contributed by atoms with Crippen LogP contribution in [0.2, 0.25) is 0 Å². The second kappa shape index (κ2) is 13.7. The molecule has 0 bridgehead atoms. The highest BCUT2D eigenvalue weighted by atomic mass is 35.5. The van der Waals surface area contributed by atoms with Crippen LogP contribution in [0.15, 0.2) is 0 Å². The summed E-state index contributed by atoms with van der Waals surface area (Å²) in [6.45, 7) is 0.200. The van der Waals surface area contributed by atoms with Crippen molar-refractivity contribution in [1.29, 1.82) is 0 Å². The number of rotatable bonds is 3. The maximum Gasteiger partial charge on any atom is 0.319 e. The van der Waals surface area contributed by atoms with E-state index >= 15 is 0 Å². The minimum atomic E-state index is -0.836. The number of hydrogen-bond acceptors (Lipinski definition) is 5. The van der Waals surface area contributed by atoms with Crippen LogP contribution in [0.3, 0.4) is 0 Å². The van der Waals surface area contributed by atoms with Crippen LogP contribution in [0.4, 0.5) is 0 Å². The van der Waals surface area contributed by atoms with Gasteiger partial charge in [0.05, 0.1) is 20.1 Å². The molecular weight excluding hydrogens is 200 g/mol. The van der Waals surface area contributed by atoms with Crippen molar-refractivity contribution in [3.05, 3.63) is 0 Å². The van der Waals surface area contributed by atoms with Crippen molar-refractivity contribution in [3.8, 4) is 0 Å². The number of carboxylic acid groups (broad SMARTS) is 1. The Kier molecular flexibility index (Phi) is 19.0. The lowest BCUT2D eigenvalue weighted by Crippen LogP contribution is -2.14. The summed E-state index contributed by atoms with van der Waals surface area (Å²) < 4.78 is 4.14. The van der Waals surface area contributed by atoms with Crippen LogP contribution in [0.25, 0.3) is 0 Å². The monoisotopic (exact) mass is 214 g/mol. The van der Waals surface area contributed by atoms with Crippen molar-refractivity contribution in [2.24, 2.45) is 11.5 Å². The third-order valence-corrected chi connectivity index (χ3v) is 0.753. The Morgan fingerprint density at radius 2 is 1.85 bits per heavy atom. The lowest BCUT2D eigenvalue weighted by Gasteiger charge is -1.87. The van der Waals surface area contributed by atoms with E-state index in [4.69, 9.17) is 16.6 Å². The Labute approximate surface area is 82.6 Å². The molecule has 80 valence electrons. The summed E-state index contributed by atoms with van der Waals surface area (Å²) in [5.74, 6) is -1.22. The Hall–Kier alpha value is -0.850. The van der Waals surface area contributed by atoms with E-state index in [-0.39, 0.29) is 37.9 Å². The molecule has 5 N–H and O–H groups in total. The maximum atomic E-state index is 9.83. The van der Waals surface area contributed by atoms with E-state index in [0.29, 0.717) is 0 Å². The van der Waals surface area contributed by atoms with Gasteiger partial charge in [-0.25, -0.2) is 0 Å². The van der Waals surface area contributed by atoms with E-state index < -0.39 is 5.97 Å². The summed E-state index contributed by atoms with van der Waals surface area (Å²) in [6.07, 6.45) is 0.0694. The second-order valence-electron chi connectivity index (χ2n) is 1.71. The number of nitrogens with two attached hydrogens (primary N) is 2. The smallest absolute Gasteiger partial charge is 0.319 e. The van der Waals surface area contributed by atoms with Crippen molar-refractivity contribution in [2.45, 2.75) is 6.42 Å². The van der Waals surface area contributed by atoms with Gasteiger partial charge >= 0.3 is 11.9 Å². The largest absolute Gasteiger partial charge is 0.481 e. The molecule has 0 saturated carbocycles. The molecule has 0 amide bonds. The zero-order valence-corrected chi connectivity index (χ0v) is 8.17. The predicted octanol–water partition coefficient (Wildman–Crippen LogP) is -1.04. The van der Waals surface area contributed by atoms with Gasteiger partial charge in [-0.1, -0.05) is 0 Å². The molecule has 0 fully saturated rings. The molecule has 0 aromatic heterocycles. The highest BCUT2D eigenvalue weighted by molar-refractivity contribution is 5.85. The number of ether oxygens (including phenoxy) is 1. The fourth-order valence-corrected chi connectivity index (χ4v) is 0.207. The van der Waals surface area contributed by atoms with Gasteiger partial charge in [0.15, 0.2) is 0 Å². The molecule has 0 radical (unpaired) electrons. The lowest BCUT2D eigenvalue weighted by atomic mass is 10.5. The van der Waals surface area contributed by atoms with Gasteiger partial charge in [0.2, 0.25) is 0 Å². The lowest BCUT2D eigenvalue weighted by molar-refractivity contribution is -0.139. The van der Waals surface area contributed by atoms with E-state index in [1.165, 1.54) is 7.11 Å². The van der Waals surface area contributed by atoms with Crippen molar-refractivity contribution in [1.82, 2.24) is 0 Å². The maximum absolute atomic E-state index is 9.83. The molecule has 0 spiro atoms. The molecule has 0 aromatic rings. The summed E-state index contributed by atoms with van der Waals surface area (Å²) in [5.41, 5.74) is 9.66. The van der Waals surface area contributed by atoms with Crippen molar-refractivity contribution in [3.63, 3.8) is 0 Å². The van der Waals surface area contributed by atoms with Gasteiger partial charge in [-0.3, -0.25) is 9.59 Å². The molecule has 0 saturated heterocycles. The van der Waals surface area contributed by atoms with Crippen LogP contribution in [0.1, 0.15) is 6.42 Å². The zero-order chi connectivity index (χ0) is 9.98. The van der Waals surface area contributed by atoms with Crippen LogP contribution in [-0.2, 0) is 14.3 Å². The fourth-order valence-electron chi connectivity index (χ4n) is 0.207. The van der Waals surface area contributed by atoms with Crippen molar-refractivity contribution < 1.29 is 19.4 Å². The minimum absolute atomic E-state index is 0. The second-order valence-corrected chi connectivity index (χ2v) is 1.71. The number of halogens is 1. The first-order chi connectivity index (χ1) is 5.58. The topological polar surface area (TPSA) is 116 Å². The average Bonchev–Trinajstić information content (AvgIpc) is 2.04. The van der Waals surface area contributed by atoms with E-state index in [9.17, 15) is 9.59 Å². The number of hydrogen-bond donors (Lipinski definition) is 3. The Morgan fingerprint density at radius 1 is 1.38 bits per heavy atom. The van der Waals surface area contributed by atoms with Crippen LogP contribution < -0.4 is 11.5 Å². The highest BCUT2D eigenvalue weighted by Gasteiger charge is 1.88. The minimum Gasteiger partial charge on any atom is -0.481 e. The molecule has 0 aromatic carbocycles. The van der Waals surface area contributed by atoms with E-state index in [1.54, 1.807) is 0 Å². The molecule has 0 atom stereocenters. The van der Waals surface area contributed by atoms with E-state index in [1.807, 2.05) is 0 Å². The van der Waals surface area contributed by atoms with Crippen LogP contribution in [0.5, 0.6) is 0 Å². The third kappa shape index (κ3) is 24.7. The molecule has 7 heteroatoms. The molecule has 0 heterocycles. The summed E-state index contributed by atoms with van der Waals surface area (Å²) in [4.78, 5) is 19.4. The van der Waals surface area contributed by atoms with Crippen LogP contribution in [0, 0.1) is 0 Å². The van der Waals surface area contributed by atoms with Gasteiger partial charge in [0, 0.05) is 6.54 Å². The van der Waals surface area contributed by atoms with E-state index in [0.717, 1.165) is 0 Å². The number of esters is 1. The molecule has 0 rings (SSSR count). The van der Waals surface area contributed by atoms with Gasteiger partial charge in [-0.15, -0.1) is 12.4 Å². The van der Waals surface area contributed by atoms with Gasteiger partial charge in [-0.05, 0) is 0 Å². The molecule has 0 aliphatic heterocycles. The van der Waals surface area contributed by atoms with Crippen molar-refractivity contribution in [2.75, 3.05) is 20.2 Å². The number of methoxy groups -OCH3 is 1. The van der Waals surface area contributed by atoms with Crippen LogP contribution >= 0.6 is 12.4 Å². The SMILES string of the molecule is COC(=O)CN.Cl.NCCC(=O)O. The molecule has 6 nitrogen and oxygen atoms in total. The molecule has 13 heavy (non-hydrogen) atoms. The van der Waals surface area contributed by atoms with E-state index in [2.05, 4.69) is 4.74 Å². The predicted molar refractivity (Wildman–Crippen MR) is 49.6 cm³/mol. The molecular formula is C6H15ClN2O4. The van der Waals surface area contributed by atoms with Gasteiger partial charge in [-0.2, -0.15) is 0 Å². The summed E-state index contributed by atoms with van der Waals surface area (Å²) >= 11 is 0. The number of aliphatic carboxylic acids is 1. The highest BCUT2D eigenvalue weighted by Crippen LogP contribution is 1.67. The summed E-state index contributed by atoms with van der Waals surface area (Å²) in [7, 11) is 1.30. The van der Waals surface area contributed by atoms with Gasteiger partial charge < -0.3 is 21.3 Å². The first-order valence-corrected chi connectivity index (χ1v) is 3.27.